The van der Waals surface area contributed by atoms with E-state index in [2.05, 4.69) is 5.73 Å². The Morgan fingerprint density at radius 3 is 2.10 bits per heavy atom. The third kappa shape index (κ3) is 10.4. The van der Waals surface area contributed by atoms with Crippen LogP contribution in [-0.2, 0) is 4.79 Å². The molecule has 3 heteroatoms. The topological polar surface area (TPSA) is 63.3 Å². The Morgan fingerprint density at radius 2 is 2.00 bits per heavy atom. The fourth-order valence-electron chi connectivity index (χ4n) is 0.442. The predicted molar refractivity (Wildman–Crippen MR) is 41.8 cm³/mol. The van der Waals surface area contributed by atoms with Crippen molar-refractivity contribution in [2.45, 2.75) is 26.7 Å². The van der Waals surface area contributed by atoms with Gasteiger partial charge in [0.1, 0.15) is 0 Å². The first-order valence-electron chi connectivity index (χ1n) is 3.46. The summed E-state index contributed by atoms with van der Waals surface area (Å²) in [5, 5.41) is 8.22. The molecule has 0 saturated carbocycles. The molecule has 3 nitrogen and oxygen atoms in total. The number of carboxylic acids is 1. The van der Waals surface area contributed by atoms with Gasteiger partial charge in [-0.2, -0.15) is 0 Å². The molecule has 1 atom stereocenters. The van der Waals surface area contributed by atoms with Gasteiger partial charge >= 0.3 is 5.97 Å². The number of hydrogen-bond donors (Lipinski definition) is 2. The highest BCUT2D eigenvalue weighted by atomic mass is 16.4. The molecule has 0 rings (SSSR count). The summed E-state index contributed by atoms with van der Waals surface area (Å²) in [6, 6.07) is 0. The van der Waals surface area contributed by atoms with E-state index >= 15 is 0 Å². The van der Waals surface area contributed by atoms with Crippen LogP contribution in [0.4, 0.5) is 0 Å². The van der Waals surface area contributed by atoms with Crippen LogP contribution in [-0.4, -0.2) is 18.1 Å². The summed E-state index contributed by atoms with van der Waals surface area (Å²) in [7, 11) is 1.50. The summed E-state index contributed by atoms with van der Waals surface area (Å²) >= 11 is 0. The van der Waals surface area contributed by atoms with Gasteiger partial charge in [0.2, 0.25) is 0 Å². The number of nitrogens with two attached hydrogens (primary N) is 1. The van der Waals surface area contributed by atoms with Crippen molar-refractivity contribution in [1.29, 1.82) is 0 Å². The molecule has 1 unspecified atom stereocenters. The van der Waals surface area contributed by atoms with Crippen LogP contribution >= 0.6 is 0 Å². The fraction of sp³-hybridized carbons (Fsp3) is 0.857. The smallest absolute Gasteiger partial charge is 0.303 e. The molecule has 0 aromatic heterocycles. The highest BCUT2D eigenvalue weighted by Gasteiger charge is 2.02. The lowest BCUT2D eigenvalue weighted by Gasteiger charge is -2.00. The quantitative estimate of drug-likeness (QED) is 0.628. The van der Waals surface area contributed by atoms with Gasteiger partial charge < -0.3 is 10.8 Å². The van der Waals surface area contributed by atoms with Gasteiger partial charge in [0, 0.05) is 6.42 Å². The highest BCUT2D eigenvalue weighted by molar-refractivity contribution is 5.66. The van der Waals surface area contributed by atoms with E-state index in [9.17, 15) is 4.79 Å². The molecule has 0 aromatic rings. The molecule has 3 N–H and O–H groups in total. The molecule has 0 heterocycles. The minimum atomic E-state index is -0.695. The van der Waals surface area contributed by atoms with Crippen molar-refractivity contribution < 1.29 is 9.90 Å². The van der Waals surface area contributed by atoms with Crippen molar-refractivity contribution in [3.63, 3.8) is 0 Å². The fourth-order valence-corrected chi connectivity index (χ4v) is 0.442. The number of hydrogen-bond acceptors (Lipinski definition) is 2. The van der Waals surface area contributed by atoms with Gasteiger partial charge in [0.25, 0.3) is 0 Å². The minimum absolute atomic E-state index is 0.302. The Morgan fingerprint density at radius 1 is 1.60 bits per heavy atom. The van der Waals surface area contributed by atoms with Crippen molar-refractivity contribution in [2.75, 3.05) is 7.05 Å². The Labute approximate surface area is 62.2 Å². The lowest BCUT2D eigenvalue weighted by atomic mass is 10.1. The zero-order valence-corrected chi connectivity index (χ0v) is 6.92. The maximum atomic E-state index is 9.97. The zero-order valence-electron chi connectivity index (χ0n) is 6.92. The van der Waals surface area contributed by atoms with Crippen molar-refractivity contribution in [2.24, 2.45) is 11.7 Å². The molecule has 10 heavy (non-hydrogen) atoms. The molecule has 0 aromatic carbocycles. The van der Waals surface area contributed by atoms with E-state index < -0.39 is 5.97 Å². The Hall–Kier alpha value is -0.570. The molecule has 0 aliphatic rings. The molecule has 0 aliphatic heterocycles. The van der Waals surface area contributed by atoms with Crippen LogP contribution in [0.2, 0.25) is 0 Å². The monoisotopic (exact) mass is 147 g/mol. The molecule has 0 bridgehead atoms. The van der Waals surface area contributed by atoms with E-state index in [-0.39, 0.29) is 0 Å². The van der Waals surface area contributed by atoms with Crippen molar-refractivity contribution in [3.05, 3.63) is 0 Å². The third-order valence-corrected chi connectivity index (χ3v) is 1.22. The van der Waals surface area contributed by atoms with Crippen molar-refractivity contribution in [1.82, 2.24) is 0 Å². The first-order chi connectivity index (χ1) is 4.66. The minimum Gasteiger partial charge on any atom is -0.481 e. The van der Waals surface area contributed by atoms with E-state index in [1.807, 2.05) is 13.8 Å². The van der Waals surface area contributed by atoms with Crippen LogP contribution in [0.15, 0.2) is 0 Å². The van der Waals surface area contributed by atoms with E-state index in [4.69, 9.17) is 5.11 Å². The Balaban J connectivity index is 0. The summed E-state index contributed by atoms with van der Waals surface area (Å²) < 4.78 is 0. The number of carbonyl (C=O) groups is 1. The normalized spacial score (nSPS) is 11.2. The molecule has 62 valence electrons. The number of rotatable bonds is 3. The van der Waals surface area contributed by atoms with Gasteiger partial charge in [-0.05, 0) is 13.0 Å². The van der Waals surface area contributed by atoms with Gasteiger partial charge in [0.05, 0.1) is 0 Å². The highest BCUT2D eigenvalue weighted by Crippen LogP contribution is 2.04. The maximum absolute atomic E-state index is 9.97. The Kier molecular flexibility index (Phi) is 10.2. The zero-order chi connectivity index (χ0) is 8.57. The maximum Gasteiger partial charge on any atom is 0.303 e. The van der Waals surface area contributed by atoms with Gasteiger partial charge in [-0.1, -0.05) is 20.3 Å². The largest absolute Gasteiger partial charge is 0.481 e. The number of aliphatic carboxylic acids is 1. The van der Waals surface area contributed by atoms with Gasteiger partial charge in [0.15, 0.2) is 0 Å². The number of carboxylic acid groups (broad SMARTS) is 1. The molecular weight excluding hydrogens is 130 g/mol. The Bertz CT molecular complexity index is 83.7. The summed E-state index contributed by atoms with van der Waals surface area (Å²) in [5.74, 6) is -0.369. The second-order valence-electron chi connectivity index (χ2n) is 2.11. The molecule has 0 amide bonds. The van der Waals surface area contributed by atoms with Gasteiger partial charge in [-0.3, -0.25) is 4.79 Å². The van der Waals surface area contributed by atoms with Crippen molar-refractivity contribution >= 4 is 5.97 Å². The van der Waals surface area contributed by atoms with Crippen LogP contribution < -0.4 is 5.73 Å². The van der Waals surface area contributed by atoms with Crippen LogP contribution in [0.25, 0.3) is 0 Å². The molecule has 0 aliphatic carbocycles. The third-order valence-electron chi connectivity index (χ3n) is 1.22. The first-order valence-corrected chi connectivity index (χ1v) is 3.46. The van der Waals surface area contributed by atoms with E-state index in [1.54, 1.807) is 0 Å². The second kappa shape index (κ2) is 8.43. The van der Waals surface area contributed by atoms with E-state index in [0.29, 0.717) is 12.3 Å². The van der Waals surface area contributed by atoms with Crippen molar-refractivity contribution in [3.8, 4) is 0 Å². The van der Waals surface area contributed by atoms with Gasteiger partial charge in [-0.25, -0.2) is 0 Å². The molecular formula is C7H17NO2. The van der Waals surface area contributed by atoms with E-state index in [1.165, 1.54) is 7.05 Å². The average molecular weight is 147 g/mol. The van der Waals surface area contributed by atoms with Crippen LogP contribution in [0.3, 0.4) is 0 Å². The first kappa shape index (κ1) is 12.1. The molecule has 0 fully saturated rings. The summed E-state index contributed by atoms with van der Waals surface area (Å²) in [6.45, 7) is 3.93. The standard InChI is InChI=1S/C6H12O2.CH5N/c1-3-5(2)4-6(7)8;1-2/h5H,3-4H2,1-2H3,(H,7,8);2H2,1H3. The van der Waals surface area contributed by atoms with Crippen LogP contribution in [0.1, 0.15) is 26.7 Å². The molecule has 0 radical (unpaired) electrons. The summed E-state index contributed by atoms with van der Waals surface area (Å²) in [5.41, 5.74) is 4.50. The SMILES string of the molecule is CCC(C)CC(=O)O.CN. The predicted octanol–water partition coefficient (Wildman–Crippen LogP) is 1.08. The van der Waals surface area contributed by atoms with Crippen LogP contribution in [0, 0.1) is 5.92 Å². The summed E-state index contributed by atoms with van der Waals surface area (Å²) in [4.78, 5) is 9.97. The second-order valence-corrected chi connectivity index (χ2v) is 2.11. The van der Waals surface area contributed by atoms with E-state index in [0.717, 1.165) is 6.42 Å². The average Bonchev–Trinajstić information content (AvgIpc) is 1.91. The van der Waals surface area contributed by atoms with Gasteiger partial charge in [-0.15, -0.1) is 0 Å². The summed E-state index contributed by atoms with van der Waals surface area (Å²) in [6.07, 6.45) is 1.25. The molecule has 0 spiro atoms. The van der Waals surface area contributed by atoms with Crippen LogP contribution in [0.5, 0.6) is 0 Å². The lowest BCUT2D eigenvalue weighted by molar-refractivity contribution is -0.137. The molecule has 0 saturated heterocycles. The lowest BCUT2D eigenvalue weighted by Crippen LogP contribution is -2.02.